The van der Waals surface area contributed by atoms with Crippen LogP contribution in [0.25, 0.3) is 0 Å². The molecule has 0 saturated heterocycles. The van der Waals surface area contributed by atoms with Crippen molar-refractivity contribution in [1.29, 1.82) is 0 Å². The molecule has 7 nitrogen and oxygen atoms in total. The standard InChI is InChI=1S/C19H22N2O5/c1-11-16(12(2)26-21-11)10-24-17-7-5-4-6-15(17)19(23)25-13(3)18(22)20-14-8-9-14/h4-7,13-14H,8-10H2,1-3H3,(H,20,22)/t13-/m1/s1. The van der Waals surface area contributed by atoms with E-state index in [1.165, 1.54) is 0 Å². The van der Waals surface area contributed by atoms with Crippen LogP contribution in [-0.4, -0.2) is 29.2 Å². The molecule has 0 bridgehead atoms. The van der Waals surface area contributed by atoms with E-state index in [9.17, 15) is 9.59 Å². The van der Waals surface area contributed by atoms with Crippen LogP contribution in [0.5, 0.6) is 5.75 Å². The average molecular weight is 358 g/mol. The van der Waals surface area contributed by atoms with Crippen LogP contribution in [0.15, 0.2) is 28.8 Å². The number of para-hydroxylation sites is 1. The summed E-state index contributed by atoms with van der Waals surface area (Å²) in [5.41, 5.74) is 1.85. The molecule has 2 aromatic rings. The molecule has 1 aromatic carbocycles. The molecule has 1 amide bonds. The molecule has 0 unspecified atom stereocenters. The van der Waals surface area contributed by atoms with Gasteiger partial charge in [0.05, 0.1) is 11.3 Å². The summed E-state index contributed by atoms with van der Waals surface area (Å²) in [5.74, 6) is 0.174. The molecule has 7 heteroatoms. The third kappa shape index (κ3) is 4.22. The van der Waals surface area contributed by atoms with Crippen LogP contribution in [0.4, 0.5) is 0 Å². The fourth-order valence-corrected chi connectivity index (χ4v) is 2.44. The maximum atomic E-state index is 12.5. The van der Waals surface area contributed by atoms with Crippen LogP contribution >= 0.6 is 0 Å². The summed E-state index contributed by atoms with van der Waals surface area (Å²) >= 11 is 0. The molecule has 1 saturated carbocycles. The number of rotatable bonds is 7. The summed E-state index contributed by atoms with van der Waals surface area (Å²) in [6, 6.07) is 6.99. The Kier molecular flexibility index (Phi) is 5.25. The summed E-state index contributed by atoms with van der Waals surface area (Å²) in [5, 5.41) is 6.70. The number of nitrogens with zero attached hydrogens (tertiary/aromatic N) is 1. The van der Waals surface area contributed by atoms with Gasteiger partial charge in [0.15, 0.2) is 6.10 Å². The van der Waals surface area contributed by atoms with Gasteiger partial charge in [-0.2, -0.15) is 0 Å². The van der Waals surface area contributed by atoms with Crippen LogP contribution in [0.2, 0.25) is 0 Å². The Balaban J connectivity index is 1.65. The smallest absolute Gasteiger partial charge is 0.342 e. The van der Waals surface area contributed by atoms with Crippen LogP contribution in [0.3, 0.4) is 0 Å². The maximum absolute atomic E-state index is 12.5. The van der Waals surface area contributed by atoms with Gasteiger partial charge in [-0.25, -0.2) is 4.79 Å². The quantitative estimate of drug-likeness (QED) is 0.765. The van der Waals surface area contributed by atoms with Crippen LogP contribution in [-0.2, 0) is 16.1 Å². The van der Waals surface area contributed by atoms with Crippen molar-refractivity contribution in [1.82, 2.24) is 10.5 Å². The minimum atomic E-state index is -0.862. The van der Waals surface area contributed by atoms with Gasteiger partial charge in [-0.15, -0.1) is 0 Å². The van der Waals surface area contributed by atoms with E-state index in [1.807, 2.05) is 6.92 Å². The molecule has 1 aliphatic carbocycles. The highest BCUT2D eigenvalue weighted by Gasteiger charge is 2.28. The van der Waals surface area contributed by atoms with E-state index in [2.05, 4.69) is 10.5 Å². The molecular formula is C19H22N2O5. The molecule has 26 heavy (non-hydrogen) atoms. The molecule has 1 atom stereocenters. The normalized spacial score (nSPS) is 14.6. The number of nitrogens with one attached hydrogen (secondary N) is 1. The second-order valence-electron chi connectivity index (χ2n) is 6.42. The van der Waals surface area contributed by atoms with Gasteiger partial charge in [-0.05, 0) is 45.7 Å². The Morgan fingerprint density at radius 1 is 1.31 bits per heavy atom. The summed E-state index contributed by atoms with van der Waals surface area (Å²) in [6.07, 6.45) is 1.09. The lowest BCUT2D eigenvalue weighted by molar-refractivity contribution is -0.129. The van der Waals surface area contributed by atoms with Crippen molar-refractivity contribution >= 4 is 11.9 Å². The number of aryl methyl sites for hydroxylation is 2. The number of aromatic nitrogens is 1. The zero-order valence-electron chi connectivity index (χ0n) is 15.1. The van der Waals surface area contributed by atoms with E-state index < -0.39 is 12.1 Å². The Morgan fingerprint density at radius 2 is 2.04 bits per heavy atom. The van der Waals surface area contributed by atoms with Crippen molar-refractivity contribution in [2.45, 2.75) is 52.4 Å². The number of carbonyl (C=O) groups is 2. The Bertz CT molecular complexity index is 791. The van der Waals surface area contributed by atoms with Crippen LogP contribution < -0.4 is 10.1 Å². The molecule has 0 aliphatic heterocycles. The number of hydrogen-bond acceptors (Lipinski definition) is 6. The predicted molar refractivity (Wildman–Crippen MR) is 92.8 cm³/mol. The Morgan fingerprint density at radius 3 is 2.69 bits per heavy atom. The lowest BCUT2D eigenvalue weighted by Crippen LogP contribution is -2.37. The zero-order chi connectivity index (χ0) is 18.7. The fraction of sp³-hybridized carbons (Fsp3) is 0.421. The highest BCUT2D eigenvalue weighted by Crippen LogP contribution is 2.23. The van der Waals surface area contributed by atoms with Gasteiger partial charge in [0.2, 0.25) is 0 Å². The minimum Gasteiger partial charge on any atom is -0.488 e. The van der Waals surface area contributed by atoms with E-state index in [0.29, 0.717) is 11.5 Å². The molecule has 138 valence electrons. The third-order valence-electron chi connectivity index (χ3n) is 4.24. The molecule has 0 spiro atoms. The average Bonchev–Trinajstić information content (AvgIpc) is 3.38. The van der Waals surface area contributed by atoms with Gasteiger partial charge in [0, 0.05) is 6.04 Å². The van der Waals surface area contributed by atoms with Crippen LogP contribution in [0.1, 0.15) is 47.1 Å². The SMILES string of the molecule is Cc1noc(C)c1COc1ccccc1C(=O)O[C@H](C)C(=O)NC1CC1. The second-order valence-corrected chi connectivity index (χ2v) is 6.42. The number of ether oxygens (including phenoxy) is 2. The predicted octanol–water partition coefficient (Wildman–Crippen LogP) is 2.69. The summed E-state index contributed by atoms with van der Waals surface area (Å²) in [7, 11) is 0. The molecular weight excluding hydrogens is 336 g/mol. The highest BCUT2D eigenvalue weighted by atomic mass is 16.5. The molecule has 1 N–H and O–H groups in total. The lowest BCUT2D eigenvalue weighted by atomic mass is 10.2. The van der Waals surface area contributed by atoms with Crippen molar-refractivity contribution < 1.29 is 23.6 Å². The molecule has 1 aromatic heterocycles. The Labute approximate surface area is 151 Å². The monoisotopic (exact) mass is 358 g/mol. The van der Waals surface area contributed by atoms with Crippen molar-refractivity contribution in [3.63, 3.8) is 0 Å². The van der Waals surface area contributed by atoms with Gasteiger partial charge in [0.1, 0.15) is 23.7 Å². The van der Waals surface area contributed by atoms with E-state index >= 15 is 0 Å². The topological polar surface area (TPSA) is 90.7 Å². The van der Waals surface area contributed by atoms with Crippen molar-refractivity contribution in [2.75, 3.05) is 0 Å². The highest BCUT2D eigenvalue weighted by molar-refractivity contribution is 5.94. The van der Waals surface area contributed by atoms with Crippen LogP contribution in [0, 0.1) is 13.8 Å². The van der Waals surface area contributed by atoms with Gasteiger partial charge < -0.3 is 19.3 Å². The number of hydrogen-bond donors (Lipinski definition) is 1. The minimum absolute atomic E-state index is 0.217. The van der Waals surface area contributed by atoms with E-state index in [1.54, 1.807) is 38.1 Å². The van der Waals surface area contributed by atoms with E-state index in [4.69, 9.17) is 14.0 Å². The van der Waals surface area contributed by atoms with Crippen molar-refractivity contribution in [2.24, 2.45) is 0 Å². The summed E-state index contributed by atoms with van der Waals surface area (Å²) in [4.78, 5) is 24.4. The number of benzene rings is 1. The lowest BCUT2D eigenvalue weighted by Gasteiger charge is -2.15. The van der Waals surface area contributed by atoms with Gasteiger partial charge in [-0.3, -0.25) is 4.79 Å². The summed E-state index contributed by atoms with van der Waals surface area (Å²) in [6.45, 7) is 5.42. The molecule has 1 heterocycles. The van der Waals surface area contributed by atoms with Gasteiger partial charge >= 0.3 is 5.97 Å². The van der Waals surface area contributed by atoms with Gasteiger partial charge in [-0.1, -0.05) is 17.3 Å². The first-order chi connectivity index (χ1) is 12.5. The third-order valence-corrected chi connectivity index (χ3v) is 4.24. The molecule has 1 fully saturated rings. The summed E-state index contributed by atoms with van der Waals surface area (Å²) < 4.78 is 16.2. The molecule has 0 radical (unpaired) electrons. The largest absolute Gasteiger partial charge is 0.488 e. The number of carbonyl (C=O) groups excluding carboxylic acids is 2. The first-order valence-corrected chi connectivity index (χ1v) is 8.60. The number of esters is 1. The second kappa shape index (κ2) is 7.59. The fourth-order valence-electron chi connectivity index (χ4n) is 2.44. The zero-order valence-corrected chi connectivity index (χ0v) is 15.1. The number of amides is 1. The Hall–Kier alpha value is -2.83. The molecule has 1 aliphatic rings. The van der Waals surface area contributed by atoms with Gasteiger partial charge in [0.25, 0.3) is 5.91 Å². The van der Waals surface area contributed by atoms with E-state index in [-0.39, 0.29) is 24.1 Å². The maximum Gasteiger partial charge on any atom is 0.342 e. The van der Waals surface area contributed by atoms with E-state index in [0.717, 1.165) is 24.1 Å². The van der Waals surface area contributed by atoms with Crippen molar-refractivity contribution in [3.05, 3.63) is 46.8 Å². The first-order valence-electron chi connectivity index (χ1n) is 8.60. The van der Waals surface area contributed by atoms with Crippen molar-refractivity contribution in [3.8, 4) is 5.75 Å². The first kappa shape index (κ1) is 18.0. The molecule has 3 rings (SSSR count).